The smallest absolute Gasteiger partial charge is 0.158 e. The van der Waals surface area contributed by atoms with Crippen LogP contribution in [-0.4, -0.2) is 24.9 Å². The second-order valence-corrected chi connectivity index (χ2v) is 4.93. The van der Waals surface area contributed by atoms with Crippen LogP contribution in [0.5, 0.6) is 0 Å². The number of hydrogen-bond acceptors (Lipinski definition) is 4. The zero-order valence-corrected chi connectivity index (χ0v) is 12.1. The summed E-state index contributed by atoms with van der Waals surface area (Å²) in [6.45, 7) is 1.68. The van der Waals surface area contributed by atoms with Gasteiger partial charge >= 0.3 is 0 Å². The molecule has 3 rings (SSSR count). The normalized spacial score (nSPS) is 10.8. The van der Waals surface area contributed by atoms with Gasteiger partial charge in [0.2, 0.25) is 0 Å². The summed E-state index contributed by atoms with van der Waals surface area (Å²) in [4.78, 5) is 8.23. The fourth-order valence-corrected chi connectivity index (χ4v) is 2.38. The SMILES string of the molecule is Cc1cc(-n2nc(-c3ccccc3)c(CO)c2Cl)ncn1. The van der Waals surface area contributed by atoms with Gasteiger partial charge in [-0.15, -0.1) is 0 Å². The van der Waals surface area contributed by atoms with Crippen molar-refractivity contribution in [3.63, 3.8) is 0 Å². The van der Waals surface area contributed by atoms with Gasteiger partial charge in [0.1, 0.15) is 11.5 Å². The van der Waals surface area contributed by atoms with Crippen LogP contribution in [0.15, 0.2) is 42.7 Å². The molecule has 1 N–H and O–H groups in total. The Balaban J connectivity index is 2.18. The Morgan fingerprint density at radius 1 is 1.19 bits per heavy atom. The molecule has 0 aliphatic carbocycles. The molecule has 3 aromatic rings. The molecule has 21 heavy (non-hydrogen) atoms. The van der Waals surface area contributed by atoms with E-state index in [4.69, 9.17) is 11.6 Å². The maximum Gasteiger partial charge on any atom is 0.158 e. The van der Waals surface area contributed by atoms with Gasteiger partial charge in [-0.2, -0.15) is 5.10 Å². The molecule has 0 amide bonds. The lowest BCUT2D eigenvalue weighted by atomic mass is 10.1. The van der Waals surface area contributed by atoms with E-state index in [0.29, 0.717) is 22.2 Å². The molecule has 0 aliphatic rings. The summed E-state index contributed by atoms with van der Waals surface area (Å²) in [7, 11) is 0. The number of halogens is 1. The summed E-state index contributed by atoms with van der Waals surface area (Å²) in [5.74, 6) is 0.574. The maximum atomic E-state index is 9.60. The van der Waals surface area contributed by atoms with Crippen molar-refractivity contribution in [2.75, 3.05) is 0 Å². The van der Waals surface area contributed by atoms with Crippen molar-refractivity contribution in [1.29, 1.82) is 0 Å². The van der Waals surface area contributed by atoms with Gasteiger partial charge in [0.25, 0.3) is 0 Å². The highest BCUT2D eigenvalue weighted by Gasteiger charge is 2.18. The van der Waals surface area contributed by atoms with Gasteiger partial charge in [-0.05, 0) is 6.92 Å². The first-order valence-corrected chi connectivity index (χ1v) is 6.81. The van der Waals surface area contributed by atoms with Crippen LogP contribution in [0.3, 0.4) is 0 Å². The fraction of sp³-hybridized carbons (Fsp3) is 0.133. The van der Waals surface area contributed by atoms with Crippen molar-refractivity contribution >= 4 is 11.6 Å². The van der Waals surface area contributed by atoms with E-state index in [1.54, 1.807) is 6.07 Å². The van der Waals surface area contributed by atoms with Crippen LogP contribution in [0.25, 0.3) is 17.1 Å². The van der Waals surface area contributed by atoms with E-state index in [-0.39, 0.29) is 6.61 Å². The number of aryl methyl sites for hydroxylation is 1. The molecule has 0 saturated carbocycles. The molecule has 2 heterocycles. The minimum atomic E-state index is -0.187. The molecular weight excluding hydrogens is 288 g/mol. The third-order valence-electron chi connectivity index (χ3n) is 3.13. The Hall–Kier alpha value is -2.24. The van der Waals surface area contributed by atoms with Crippen molar-refractivity contribution in [3.8, 4) is 17.1 Å². The van der Waals surface area contributed by atoms with Crippen molar-refractivity contribution in [1.82, 2.24) is 19.7 Å². The van der Waals surface area contributed by atoms with Crippen LogP contribution >= 0.6 is 11.6 Å². The number of rotatable bonds is 3. The number of hydrogen-bond donors (Lipinski definition) is 1. The quantitative estimate of drug-likeness (QED) is 0.808. The van der Waals surface area contributed by atoms with E-state index in [2.05, 4.69) is 15.1 Å². The van der Waals surface area contributed by atoms with E-state index >= 15 is 0 Å². The second-order valence-electron chi connectivity index (χ2n) is 4.57. The predicted octanol–water partition coefficient (Wildman–Crippen LogP) is 2.78. The van der Waals surface area contributed by atoms with Crippen molar-refractivity contribution in [3.05, 3.63) is 59.1 Å². The second kappa shape index (κ2) is 5.63. The Labute approximate surface area is 126 Å². The Morgan fingerprint density at radius 3 is 2.62 bits per heavy atom. The number of aliphatic hydroxyl groups is 1. The van der Waals surface area contributed by atoms with E-state index in [9.17, 15) is 5.11 Å². The van der Waals surface area contributed by atoms with Gasteiger partial charge in [-0.3, -0.25) is 0 Å². The highest BCUT2D eigenvalue weighted by atomic mass is 35.5. The molecule has 106 valence electrons. The van der Waals surface area contributed by atoms with E-state index in [0.717, 1.165) is 11.3 Å². The average Bonchev–Trinajstić information content (AvgIpc) is 2.85. The van der Waals surface area contributed by atoms with Gasteiger partial charge in [0, 0.05) is 22.9 Å². The minimum absolute atomic E-state index is 0.187. The Morgan fingerprint density at radius 2 is 1.95 bits per heavy atom. The highest BCUT2D eigenvalue weighted by molar-refractivity contribution is 6.31. The summed E-state index contributed by atoms with van der Waals surface area (Å²) in [6, 6.07) is 11.4. The molecule has 0 bridgehead atoms. The summed E-state index contributed by atoms with van der Waals surface area (Å²) >= 11 is 6.35. The molecular formula is C15H13ClN4O. The summed E-state index contributed by atoms with van der Waals surface area (Å²) in [5.41, 5.74) is 2.95. The zero-order chi connectivity index (χ0) is 14.8. The number of nitrogens with zero attached hydrogens (tertiary/aromatic N) is 4. The van der Waals surface area contributed by atoms with Crippen molar-refractivity contribution < 1.29 is 5.11 Å². The predicted molar refractivity (Wildman–Crippen MR) is 80.3 cm³/mol. The van der Waals surface area contributed by atoms with E-state index in [1.165, 1.54) is 11.0 Å². The molecule has 0 saturated heterocycles. The van der Waals surface area contributed by atoms with Crippen LogP contribution in [0.1, 0.15) is 11.3 Å². The number of aliphatic hydroxyl groups excluding tert-OH is 1. The summed E-state index contributed by atoms with van der Waals surface area (Å²) < 4.78 is 1.52. The molecule has 0 aliphatic heterocycles. The van der Waals surface area contributed by atoms with Crippen LogP contribution < -0.4 is 0 Å². The minimum Gasteiger partial charge on any atom is -0.391 e. The van der Waals surface area contributed by atoms with Crippen LogP contribution in [0, 0.1) is 6.92 Å². The van der Waals surface area contributed by atoms with Crippen LogP contribution in [0.4, 0.5) is 0 Å². The van der Waals surface area contributed by atoms with Gasteiger partial charge in [0.05, 0.1) is 12.3 Å². The summed E-state index contributed by atoms with van der Waals surface area (Å²) in [6.07, 6.45) is 1.46. The maximum absolute atomic E-state index is 9.60. The van der Waals surface area contributed by atoms with E-state index in [1.807, 2.05) is 37.3 Å². The number of aromatic nitrogens is 4. The van der Waals surface area contributed by atoms with Gasteiger partial charge in [0.15, 0.2) is 5.82 Å². The first-order valence-electron chi connectivity index (χ1n) is 6.43. The lowest BCUT2D eigenvalue weighted by molar-refractivity contribution is 0.282. The topological polar surface area (TPSA) is 63.8 Å². The van der Waals surface area contributed by atoms with Gasteiger partial charge in [-0.25, -0.2) is 14.6 Å². The van der Waals surface area contributed by atoms with Crippen LogP contribution in [0.2, 0.25) is 5.15 Å². The van der Waals surface area contributed by atoms with Gasteiger partial charge < -0.3 is 5.11 Å². The van der Waals surface area contributed by atoms with Crippen molar-refractivity contribution in [2.45, 2.75) is 13.5 Å². The van der Waals surface area contributed by atoms with Gasteiger partial charge in [-0.1, -0.05) is 41.9 Å². The first-order chi connectivity index (χ1) is 10.2. The third kappa shape index (κ3) is 2.53. The Kier molecular flexibility index (Phi) is 3.68. The molecule has 0 atom stereocenters. The first kappa shape index (κ1) is 13.7. The molecule has 2 aromatic heterocycles. The lowest BCUT2D eigenvalue weighted by Gasteiger charge is -2.02. The Bertz CT molecular complexity index is 771. The molecule has 5 nitrogen and oxygen atoms in total. The molecule has 1 aromatic carbocycles. The monoisotopic (exact) mass is 300 g/mol. The lowest BCUT2D eigenvalue weighted by Crippen LogP contribution is -2.01. The highest BCUT2D eigenvalue weighted by Crippen LogP contribution is 2.30. The summed E-state index contributed by atoms with van der Waals surface area (Å²) in [5, 5.41) is 14.5. The number of benzene rings is 1. The van der Waals surface area contributed by atoms with E-state index < -0.39 is 0 Å². The largest absolute Gasteiger partial charge is 0.391 e. The molecule has 6 heteroatoms. The molecule has 0 radical (unpaired) electrons. The van der Waals surface area contributed by atoms with Crippen LogP contribution in [-0.2, 0) is 6.61 Å². The molecule has 0 fully saturated rings. The molecule has 0 unspecified atom stereocenters. The third-order valence-corrected chi connectivity index (χ3v) is 3.52. The standard InChI is InChI=1S/C15H13ClN4O/c1-10-7-13(18-9-17-10)20-15(16)12(8-21)14(19-20)11-5-3-2-4-6-11/h2-7,9,21H,8H2,1H3. The molecule has 0 spiro atoms. The zero-order valence-electron chi connectivity index (χ0n) is 11.4. The van der Waals surface area contributed by atoms with Crippen molar-refractivity contribution in [2.24, 2.45) is 0 Å². The fourth-order valence-electron chi connectivity index (χ4n) is 2.11. The average molecular weight is 301 g/mol.